The van der Waals surface area contributed by atoms with E-state index >= 15 is 0 Å². The molecule has 1 fully saturated rings. The first-order chi connectivity index (χ1) is 8.94. The van der Waals surface area contributed by atoms with Crippen LogP contribution in [0.5, 0.6) is 0 Å². The predicted octanol–water partition coefficient (Wildman–Crippen LogP) is 0.976. The van der Waals surface area contributed by atoms with Crippen molar-refractivity contribution in [3.05, 3.63) is 0 Å². The van der Waals surface area contributed by atoms with Crippen LogP contribution >= 0.6 is 0 Å². The largest absolute Gasteiger partial charge is 0.480 e. The topological polar surface area (TPSA) is 92.7 Å². The SMILES string of the molecule is CCCCC(NS(=O)(=O)CC1CCOCC1)C(=O)O. The van der Waals surface area contributed by atoms with Gasteiger partial charge in [-0.25, -0.2) is 13.1 Å². The lowest BCUT2D eigenvalue weighted by molar-refractivity contribution is -0.139. The number of unbranched alkanes of at least 4 members (excludes halogenated alkanes) is 1. The van der Waals surface area contributed by atoms with Gasteiger partial charge >= 0.3 is 5.97 Å². The van der Waals surface area contributed by atoms with Crippen LogP contribution < -0.4 is 4.72 Å². The molecule has 0 aromatic rings. The van der Waals surface area contributed by atoms with Gasteiger partial charge in [0.25, 0.3) is 0 Å². The molecule has 6 nitrogen and oxygen atoms in total. The predicted molar refractivity (Wildman–Crippen MR) is 71.4 cm³/mol. The molecule has 2 N–H and O–H groups in total. The van der Waals surface area contributed by atoms with Gasteiger partial charge in [0, 0.05) is 13.2 Å². The molecule has 112 valence electrons. The van der Waals surface area contributed by atoms with Gasteiger partial charge in [-0.05, 0) is 25.2 Å². The van der Waals surface area contributed by atoms with Gasteiger partial charge in [0.1, 0.15) is 6.04 Å². The van der Waals surface area contributed by atoms with Crippen LogP contribution in [0.1, 0.15) is 39.0 Å². The maximum absolute atomic E-state index is 12.0. The van der Waals surface area contributed by atoms with Crippen molar-refractivity contribution < 1.29 is 23.1 Å². The Hall–Kier alpha value is -0.660. The molecule has 0 amide bonds. The van der Waals surface area contributed by atoms with Gasteiger partial charge in [0.05, 0.1) is 5.75 Å². The highest BCUT2D eigenvalue weighted by Gasteiger charge is 2.27. The van der Waals surface area contributed by atoms with Gasteiger partial charge in [0.15, 0.2) is 0 Å². The fourth-order valence-corrected chi connectivity index (χ4v) is 3.83. The number of hydrogen-bond acceptors (Lipinski definition) is 4. The molecular formula is C12H23NO5S. The number of rotatable bonds is 8. The lowest BCUT2D eigenvalue weighted by Gasteiger charge is -2.23. The molecule has 0 aromatic heterocycles. The fraction of sp³-hybridized carbons (Fsp3) is 0.917. The molecule has 1 aliphatic rings. The van der Waals surface area contributed by atoms with Crippen LogP contribution in [0, 0.1) is 5.92 Å². The highest BCUT2D eigenvalue weighted by molar-refractivity contribution is 7.89. The van der Waals surface area contributed by atoms with Gasteiger partial charge in [0.2, 0.25) is 10.0 Å². The van der Waals surface area contributed by atoms with Crippen LogP contribution in [0.3, 0.4) is 0 Å². The number of hydrogen-bond donors (Lipinski definition) is 2. The number of sulfonamides is 1. The maximum atomic E-state index is 12.0. The van der Waals surface area contributed by atoms with E-state index in [4.69, 9.17) is 9.84 Å². The quantitative estimate of drug-likeness (QED) is 0.696. The molecule has 0 aromatic carbocycles. The summed E-state index contributed by atoms with van der Waals surface area (Å²) in [6.45, 7) is 3.10. The minimum absolute atomic E-state index is 0.00767. The van der Waals surface area contributed by atoms with E-state index in [2.05, 4.69) is 4.72 Å². The lowest BCUT2D eigenvalue weighted by Crippen LogP contribution is -2.43. The molecule has 0 aliphatic carbocycles. The summed E-state index contributed by atoms with van der Waals surface area (Å²) >= 11 is 0. The average molecular weight is 293 g/mol. The van der Waals surface area contributed by atoms with E-state index in [1.807, 2.05) is 6.92 Å². The van der Waals surface area contributed by atoms with Crippen molar-refractivity contribution in [1.29, 1.82) is 0 Å². The minimum Gasteiger partial charge on any atom is -0.480 e. The second-order valence-electron chi connectivity index (χ2n) is 4.99. The van der Waals surface area contributed by atoms with E-state index in [0.29, 0.717) is 38.9 Å². The summed E-state index contributed by atoms with van der Waals surface area (Å²) in [7, 11) is -3.54. The van der Waals surface area contributed by atoms with Crippen molar-refractivity contribution >= 4 is 16.0 Å². The molecule has 1 unspecified atom stereocenters. The summed E-state index contributed by atoms with van der Waals surface area (Å²) in [4.78, 5) is 11.0. The number of nitrogens with one attached hydrogen (secondary N) is 1. The van der Waals surface area contributed by atoms with Crippen LogP contribution in [0.15, 0.2) is 0 Å². The lowest BCUT2D eigenvalue weighted by atomic mass is 10.0. The second-order valence-corrected chi connectivity index (χ2v) is 6.79. The molecule has 0 bridgehead atoms. The van der Waals surface area contributed by atoms with Crippen molar-refractivity contribution in [2.75, 3.05) is 19.0 Å². The monoisotopic (exact) mass is 293 g/mol. The van der Waals surface area contributed by atoms with E-state index in [1.54, 1.807) is 0 Å². The van der Waals surface area contributed by atoms with Gasteiger partial charge in [-0.15, -0.1) is 0 Å². The van der Waals surface area contributed by atoms with Crippen LogP contribution in [-0.2, 0) is 19.6 Å². The summed E-state index contributed by atoms with van der Waals surface area (Å²) in [6.07, 6.45) is 3.29. The fourth-order valence-electron chi connectivity index (χ4n) is 2.13. The standard InChI is InChI=1S/C12H23NO5S/c1-2-3-4-11(12(14)15)13-19(16,17)9-10-5-7-18-8-6-10/h10-11,13H,2-9H2,1H3,(H,14,15). The average Bonchev–Trinajstić information content (AvgIpc) is 2.34. The number of carboxylic acid groups (broad SMARTS) is 1. The summed E-state index contributed by atoms with van der Waals surface area (Å²) in [6, 6.07) is -1.01. The normalized spacial score (nSPS) is 19.2. The number of ether oxygens (including phenoxy) is 1. The summed E-state index contributed by atoms with van der Waals surface area (Å²) in [5.74, 6) is -1.05. The highest BCUT2D eigenvalue weighted by Crippen LogP contribution is 2.16. The van der Waals surface area contributed by atoms with Crippen molar-refractivity contribution in [2.24, 2.45) is 5.92 Å². The zero-order chi connectivity index (χ0) is 14.3. The van der Waals surface area contributed by atoms with Crippen molar-refractivity contribution in [2.45, 2.75) is 45.1 Å². The van der Waals surface area contributed by atoms with Crippen molar-refractivity contribution in [3.8, 4) is 0 Å². The Kier molecular flexibility index (Phi) is 6.74. The highest BCUT2D eigenvalue weighted by atomic mass is 32.2. The molecule has 0 radical (unpaired) electrons. The number of aliphatic carboxylic acids is 1. The Bertz CT molecular complexity index is 376. The van der Waals surface area contributed by atoms with Gasteiger partial charge in [-0.3, -0.25) is 4.79 Å². The second kappa shape index (κ2) is 7.81. The molecule has 7 heteroatoms. The van der Waals surface area contributed by atoms with Crippen molar-refractivity contribution in [3.63, 3.8) is 0 Å². The molecule has 1 aliphatic heterocycles. The van der Waals surface area contributed by atoms with Crippen LogP contribution in [0.4, 0.5) is 0 Å². The summed E-state index contributed by atoms with van der Waals surface area (Å²) in [5.41, 5.74) is 0. The van der Waals surface area contributed by atoms with Gasteiger partial charge in [-0.2, -0.15) is 0 Å². The Labute approximate surface area is 114 Å². The van der Waals surface area contributed by atoms with Crippen LogP contribution in [0.2, 0.25) is 0 Å². The zero-order valence-corrected chi connectivity index (χ0v) is 12.1. The first-order valence-electron chi connectivity index (χ1n) is 6.75. The van der Waals surface area contributed by atoms with Gasteiger partial charge in [-0.1, -0.05) is 19.8 Å². The smallest absolute Gasteiger partial charge is 0.321 e. The molecule has 19 heavy (non-hydrogen) atoms. The van der Waals surface area contributed by atoms with E-state index in [-0.39, 0.29) is 11.7 Å². The van der Waals surface area contributed by atoms with Gasteiger partial charge < -0.3 is 9.84 Å². The third-order valence-electron chi connectivity index (χ3n) is 3.26. The molecule has 0 saturated carbocycles. The Morgan fingerprint density at radius 1 is 1.42 bits per heavy atom. The third kappa shape index (κ3) is 6.35. The Balaban J connectivity index is 2.52. The molecule has 0 spiro atoms. The first-order valence-corrected chi connectivity index (χ1v) is 8.40. The Morgan fingerprint density at radius 3 is 2.58 bits per heavy atom. The zero-order valence-electron chi connectivity index (χ0n) is 11.3. The van der Waals surface area contributed by atoms with E-state index < -0.39 is 22.0 Å². The number of carboxylic acids is 1. The first kappa shape index (κ1) is 16.4. The Morgan fingerprint density at radius 2 is 2.05 bits per heavy atom. The maximum Gasteiger partial charge on any atom is 0.321 e. The molecule has 1 rings (SSSR count). The van der Waals surface area contributed by atoms with Crippen LogP contribution in [-0.4, -0.2) is 44.5 Å². The van der Waals surface area contributed by atoms with E-state index in [1.165, 1.54) is 0 Å². The molecule has 1 saturated heterocycles. The summed E-state index contributed by atoms with van der Waals surface area (Å²) < 4.78 is 31.4. The third-order valence-corrected chi connectivity index (χ3v) is 4.82. The molecule has 1 atom stereocenters. The summed E-state index contributed by atoms with van der Waals surface area (Å²) in [5, 5.41) is 9.02. The molecule has 1 heterocycles. The van der Waals surface area contributed by atoms with Crippen LogP contribution in [0.25, 0.3) is 0 Å². The number of carbonyl (C=O) groups is 1. The van der Waals surface area contributed by atoms with E-state index in [0.717, 1.165) is 6.42 Å². The van der Waals surface area contributed by atoms with E-state index in [9.17, 15) is 13.2 Å². The minimum atomic E-state index is -3.54. The molecular weight excluding hydrogens is 270 g/mol. The van der Waals surface area contributed by atoms with Crippen molar-refractivity contribution in [1.82, 2.24) is 4.72 Å².